The van der Waals surface area contributed by atoms with Gasteiger partial charge in [-0.1, -0.05) is 0 Å². The lowest BCUT2D eigenvalue weighted by Gasteiger charge is -2.30. The fraction of sp³-hybridized carbons (Fsp3) is 0.769. The normalized spacial score (nSPS) is 19.1. The molecule has 2 heterocycles. The van der Waals surface area contributed by atoms with Crippen LogP contribution in [-0.4, -0.2) is 29.0 Å². The van der Waals surface area contributed by atoms with E-state index in [0.717, 1.165) is 38.2 Å². The molecule has 5 heteroatoms. The van der Waals surface area contributed by atoms with Crippen LogP contribution in [0, 0.1) is 19.8 Å². The largest absolute Gasteiger partial charge is 0.381 e. The number of hydrazine groups is 1. The van der Waals surface area contributed by atoms with E-state index in [1.54, 1.807) is 0 Å². The molecule has 102 valence electrons. The molecule has 1 unspecified atom stereocenters. The molecular weight excluding hydrogens is 228 g/mol. The van der Waals surface area contributed by atoms with Crippen molar-refractivity contribution in [1.82, 2.24) is 15.2 Å². The molecule has 5 nitrogen and oxygen atoms in total. The lowest BCUT2D eigenvalue weighted by molar-refractivity contribution is 0.0537. The molecule has 0 radical (unpaired) electrons. The summed E-state index contributed by atoms with van der Waals surface area (Å²) in [7, 11) is 1.99. The SMILES string of the molecule is Cc1nn(C)c(C)c1CC(NN)C1CCOCC1. The average molecular weight is 252 g/mol. The molecule has 0 spiro atoms. The Morgan fingerprint density at radius 2 is 2.11 bits per heavy atom. The Bertz CT molecular complexity index is 396. The standard InChI is InChI=1S/C13H24N4O/c1-9-12(10(2)17(3)16-9)8-13(15-14)11-4-6-18-7-5-11/h11,13,15H,4-8,14H2,1-3H3. The molecule has 0 bridgehead atoms. The van der Waals surface area contributed by atoms with Gasteiger partial charge in [-0.15, -0.1) is 0 Å². The summed E-state index contributed by atoms with van der Waals surface area (Å²) in [5.41, 5.74) is 6.67. The topological polar surface area (TPSA) is 65.1 Å². The second-order valence-electron chi connectivity index (χ2n) is 5.20. The first-order valence-corrected chi connectivity index (χ1v) is 6.66. The van der Waals surface area contributed by atoms with Crippen LogP contribution < -0.4 is 11.3 Å². The summed E-state index contributed by atoms with van der Waals surface area (Å²) in [4.78, 5) is 0. The maximum Gasteiger partial charge on any atom is 0.0628 e. The van der Waals surface area contributed by atoms with Gasteiger partial charge in [-0.2, -0.15) is 5.10 Å². The second kappa shape index (κ2) is 5.82. The first-order valence-electron chi connectivity index (χ1n) is 6.66. The predicted molar refractivity (Wildman–Crippen MR) is 71.0 cm³/mol. The van der Waals surface area contributed by atoms with Gasteiger partial charge < -0.3 is 4.74 Å². The van der Waals surface area contributed by atoms with Crippen molar-refractivity contribution in [2.45, 2.75) is 39.2 Å². The number of rotatable bonds is 4. The number of aromatic nitrogens is 2. The van der Waals surface area contributed by atoms with E-state index in [9.17, 15) is 0 Å². The number of ether oxygens (including phenoxy) is 1. The highest BCUT2D eigenvalue weighted by Crippen LogP contribution is 2.23. The Balaban J connectivity index is 2.09. The van der Waals surface area contributed by atoms with E-state index in [4.69, 9.17) is 10.6 Å². The summed E-state index contributed by atoms with van der Waals surface area (Å²) in [5, 5.41) is 4.47. The Kier molecular flexibility index (Phi) is 4.37. The van der Waals surface area contributed by atoms with Gasteiger partial charge in [0.05, 0.1) is 5.69 Å². The molecule has 0 amide bonds. The van der Waals surface area contributed by atoms with E-state index >= 15 is 0 Å². The summed E-state index contributed by atoms with van der Waals surface area (Å²) in [5.74, 6) is 6.34. The van der Waals surface area contributed by atoms with Crippen molar-refractivity contribution in [3.8, 4) is 0 Å². The predicted octanol–water partition coefficient (Wildman–Crippen LogP) is 0.838. The zero-order chi connectivity index (χ0) is 13.1. The molecular formula is C13H24N4O. The van der Waals surface area contributed by atoms with Gasteiger partial charge in [0.25, 0.3) is 0 Å². The number of nitrogens with one attached hydrogen (secondary N) is 1. The minimum absolute atomic E-state index is 0.315. The highest BCUT2D eigenvalue weighted by atomic mass is 16.5. The fourth-order valence-electron chi connectivity index (χ4n) is 2.81. The molecule has 1 saturated heterocycles. The van der Waals surface area contributed by atoms with Gasteiger partial charge in [0.15, 0.2) is 0 Å². The first kappa shape index (κ1) is 13.5. The van der Waals surface area contributed by atoms with Crippen LogP contribution >= 0.6 is 0 Å². The van der Waals surface area contributed by atoms with Crippen molar-refractivity contribution in [3.05, 3.63) is 17.0 Å². The molecule has 0 aromatic carbocycles. The zero-order valence-corrected chi connectivity index (χ0v) is 11.6. The van der Waals surface area contributed by atoms with E-state index < -0.39 is 0 Å². The summed E-state index contributed by atoms with van der Waals surface area (Å²) in [6.07, 6.45) is 3.13. The summed E-state index contributed by atoms with van der Waals surface area (Å²) in [6.45, 7) is 5.90. The molecule has 18 heavy (non-hydrogen) atoms. The Hall–Kier alpha value is -0.910. The quantitative estimate of drug-likeness (QED) is 0.615. The van der Waals surface area contributed by atoms with Crippen molar-refractivity contribution >= 4 is 0 Å². The van der Waals surface area contributed by atoms with Crippen molar-refractivity contribution in [3.63, 3.8) is 0 Å². The van der Waals surface area contributed by atoms with Crippen LogP contribution in [0.2, 0.25) is 0 Å². The van der Waals surface area contributed by atoms with Gasteiger partial charge in [0, 0.05) is 32.0 Å². The van der Waals surface area contributed by atoms with Crippen molar-refractivity contribution in [1.29, 1.82) is 0 Å². The fourth-order valence-corrected chi connectivity index (χ4v) is 2.81. The van der Waals surface area contributed by atoms with Gasteiger partial charge in [0.2, 0.25) is 0 Å². The van der Waals surface area contributed by atoms with Crippen LogP contribution in [0.5, 0.6) is 0 Å². The van der Waals surface area contributed by atoms with E-state index in [0.29, 0.717) is 12.0 Å². The molecule has 0 saturated carbocycles. The van der Waals surface area contributed by atoms with Gasteiger partial charge in [0.1, 0.15) is 0 Å². The van der Waals surface area contributed by atoms with Crippen LogP contribution in [0.25, 0.3) is 0 Å². The molecule has 1 fully saturated rings. The number of hydrogen-bond acceptors (Lipinski definition) is 4. The second-order valence-corrected chi connectivity index (χ2v) is 5.20. The summed E-state index contributed by atoms with van der Waals surface area (Å²) >= 11 is 0. The minimum atomic E-state index is 0.315. The van der Waals surface area contributed by atoms with Crippen molar-refractivity contribution in [2.75, 3.05) is 13.2 Å². The Morgan fingerprint density at radius 3 is 2.61 bits per heavy atom. The molecule has 1 atom stereocenters. The summed E-state index contributed by atoms with van der Waals surface area (Å²) < 4.78 is 7.36. The first-order chi connectivity index (χ1) is 8.63. The maximum atomic E-state index is 5.74. The van der Waals surface area contributed by atoms with Crippen molar-refractivity contribution in [2.24, 2.45) is 18.8 Å². The highest BCUT2D eigenvalue weighted by molar-refractivity contribution is 5.25. The third kappa shape index (κ3) is 2.74. The highest BCUT2D eigenvalue weighted by Gasteiger charge is 2.25. The third-order valence-electron chi connectivity index (χ3n) is 4.13. The Labute approximate surface area is 109 Å². The van der Waals surface area contributed by atoms with E-state index in [1.807, 2.05) is 11.7 Å². The number of nitrogens with two attached hydrogens (primary N) is 1. The van der Waals surface area contributed by atoms with Crippen molar-refractivity contribution < 1.29 is 4.74 Å². The van der Waals surface area contributed by atoms with Gasteiger partial charge in [-0.25, -0.2) is 0 Å². The third-order valence-corrected chi connectivity index (χ3v) is 4.13. The minimum Gasteiger partial charge on any atom is -0.381 e. The van der Waals surface area contributed by atoms with Crippen LogP contribution in [0.3, 0.4) is 0 Å². The average Bonchev–Trinajstić information content (AvgIpc) is 2.62. The smallest absolute Gasteiger partial charge is 0.0628 e. The van der Waals surface area contributed by atoms with Gasteiger partial charge >= 0.3 is 0 Å². The maximum absolute atomic E-state index is 5.74. The Morgan fingerprint density at radius 1 is 1.44 bits per heavy atom. The molecule has 2 rings (SSSR count). The van der Waals surface area contributed by atoms with Crippen LogP contribution in [-0.2, 0) is 18.2 Å². The van der Waals surface area contributed by atoms with Crippen LogP contribution in [0.1, 0.15) is 29.8 Å². The molecule has 0 aliphatic carbocycles. The van der Waals surface area contributed by atoms with Gasteiger partial charge in [-0.3, -0.25) is 16.0 Å². The lowest BCUT2D eigenvalue weighted by Crippen LogP contribution is -2.44. The van der Waals surface area contributed by atoms with Crippen LogP contribution in [0.4, 0.5) is 0 Å². The molecule has 1 aromatic rings. The number of aryl methyl sites for hydroxylation is 2. The monoisotopic (exact) mass is 252 g/mol. The molecule has 1 aliphatic heterocycles. The zero-order valence-electron chi connectivity index (χ0n) is 11.6. The van der Waals surface area contributed by atoms with Crippen LogP contribution in [0.15, 0.2) is 0 Å². The number of hydrogen-bond donors (Lipinski definition) is 2. The van der Waals surface area contributed by atoms with E-state index in [1.165, 1.54) is 11.3 Å². The van der Waals surface area contributed by atoms with E-state index in [2.05, 4.69) is 24.4 Å². The van der Waals surface area contributed by atoms with E-state index in [-0.39, 0.29) is 0 Å². The van der Waals surface area contributed by atoms with Gasteiger partial charge in [-0.05, 0) is 44.6 Å². The molecule has 1 aliphatic rings. The summed E-state index contributed by atoms with van der Waals surface area (Å²) in [6, 6.07) is 0.315. The molecule has 1 aromatic heterocycles. The lowest BCUT2D eigenvalue weighted by atomic mass is 9.87. The molecule has 3 N–H and O–H groups in total. The number of nitrogens with zero attached hydrogens (tertiary/aromatic N) is 2.